The summed E-state index contributed by atoms with van der Waals surface area (Å²) >= 11 is 1.34. The minimum Gasteiger partial charge on any atom is -0.487 e. The van der Waals surface area contributed by atoms with Gasteiger partial charge >= 0.3 is 6.16 Å². The summed E-state index contributed by atoms with van der Waals surface area (Å²) < 4.78 is 63.4. The summed E-state index contributed by atoms with van der Waals surface area (Å²) in [5.41, 5.74) is 5.77. The van der Waals surface area contributed by atoms with Gasteiger partial charge in [0, 0.05) is 34.7 Å². The average molecular weight is 648 g/mol. The molecule has 4 heterocycles. The molecule has 234 valence electrons. The molecule has 2 aliphatic heterocycles. The fourth-order valence-corrected chi connectivity index (χ4v) is 7.77. The molecule has 4 aromatic rings. The monoisotopic (exact) mass is 647 g/mol. The molecular weight excluding hydrogens is 623 g/mol. The number of nitrogens with one attached hydrogen (secondary N) is 1. The number of alkyl halides is 2. The molecule has 0 saturated carbocycles. The summed E-state index contributed by atoms with van der Waals surface area (Å²) in [6.45, 7) is 3.46. The van der Waals surface area contributed by atoms with Crippen molar-refractivity contribution >= 4 is 29.2 Å². The number of hydrogen-bond donors (Lipinski definition) is 1. The molecule has 13 heteroatoms. The summed E-state index contributed by atoms with van der Waals surface area (Å²) in [4.78, 5) is 41.1. The third-order valence-electron chi connectivity index (χ3n) is 8.46. The summed E-state index contributed by atoms with van der Waals surface area (Å²) in [7, 11) is 0. The molecule has 2 aliphatic carbocycles. The number of aromatic nitrogens is 1. The molecule has 1 N–H and O–H groups in total. The Labute approximate surface area is 263 Å². The van der Waals surface area contributed by atoms with Gasteiger partial charge in [-0.05, 0) is 59.5 Å². The van der Waals surface area contributed by atoms with Crippen LogP contribution in [0.4, 0.5) is 18.0 Å². The lowest BCUT2D eigenvalue weighted by atomic mass is 9.81. The molecule has 0 unspecified atom stereocenters. The Bertz CT molecular complexity index is 2120. The Morgan fingerprint density at radius 2 is 1.89 bits per heavy atom. The zero-order chi connectivity index (χ0) is 32.1. The number of nitrogens with zero attached hydrogens (tertiary/aromatic N) is 2. The molecule has 46 heavy (non-hydrogen) atoms. The third kappa shape index (κ3) is 4.10. The van der Waals surface area contributed by atoms with Gasteiger partial charge in [-0.2, -0.15) is 0 Å². The molecule has 4 aliphatic rings. The zero-order valence-corrected chi connectivity index (χ0v) is 25.2. The van der Waals surface area contributed by atoms with Gasteiger partial charge in [-0.25, -0.2) is 18.0 Å². The van der Waals surface area contributed by atoms with E-state index in [-0.39, 0.29) is 36.7 Å². The van der Waals surface area contributed by atoms with Gasteiger partial charge < -0.3 is 14.2 Å². The van der Waals surface area contributed by atoms with Crippen LogP contribution in [0.3, 0.4) is 0 Å². The van der Waals surface area contributed by atoms with Crippen molar-refractivity contribution in [3.63, 3.8) is 0 Å². The van der Waals surface area contributed by atoms with Crippen LogP contribution < -0.4 is 15.6 Å². The van der Waals surface area contributed by atoms with Crippen LogP contribution in [0.5, 0.6) is 5.75 Å². The lowest BCUT2D eigenvalue weighted by molar-refractivity contribution is -0.00822. The topological polar surface area (TPSA) is 99.1 Å². The molecule has 0 bridgehead atoms. The Hall–Kier alpha value is -5.04. The maximum absolute atomic E-state index is 15.3. The van der Waals surface area contributed by atoms with Gasteiger partial charge in [-0.1, -0.05) is 24.3 Å². The molecule has 0 fully saturated rings. The van der Waals surface area contributed by atoms with E-state index in [9.17, 15) is 14.4 Å². The average Bonchev–Trinajstić information content (AvgIpc) is 3.35. The van der Waals surface area contributed by atoms with Crippen LogP contribution in [0.15, 0.2) is 58.6 Å². The van der Waals surface area contributed by atoms with Crippen LogP contribution >= 0.6 is 11.3 Å². The summed E-state index contributed by atoms with van der Waals surface area (Å²) in [6, 6.07) is 9.36. The molecule has 9 nitrogen and oxygen atoms in total. The number of fused-ring (bicyclic) bond motifs is 4. The van der Waals surface area contributed by atoms with Crippen molar-refractivity contribution < 1.29 is 37.0 Å². The SMILES string of the molecule is CC(C)OC(=O)Oc1c2n(ccc1=O)NC1=C(c3cccc4c3Cc3ccc(F)c5c3-c3c(csc3-4)CC5(F)F)OCCN1C2=O. The minimum absolute atomic E-state index is 0.102. The molecule has 0 atom stereocenters. The lowest BCUT2D eigenvalue weighted by Crippen LogP contribution is -2.48. The number of carbonyl (C=O) groups excluding carboxylic acids is 2. The predicted molar refractivity (Wildman–Crippen MR) is 162 cm³/mol. The summed E-state index contributed by atoms with van der Waals surface area (Å²) in [5.74, 6) is -4.76. The molecule has 0 saturated heterocycles. The maximum Gasteiger partial charge on any atom is 0.514 e. The van der Waals surface area contributed by atoms with Gasteiger partial charge in [0.15, 0.2) is 17.3 Å². The number of pyridine rings is 1. The number of hydrogen-bond acceptors (Lipinski definition) is 8. The second-order valence-electron chi connectivity index (χ2n) is 11.7. The fourth-order valence-electron chi connectivity index (χ4n) is 6.64. The van der Waals surface area contributed by atoms with E-state index in [2.05, 4.69) is 5.43 Å². The first kappa shape index (κ1) is 28.4. The Balaban J connectivity index is 1.29. The molecule has 0 spiro atoms. The van der Waals surface area contributed by atoms with Crippen molar-refractivity contribution in [2.24, 2.45) is 0 Å². The van der Waals surface area contributed by atoms with Crippen LogP contribution in [0.2, 0.25) is 0 Å². The number of halogens is 3. The van der Waals surface area contributed by atoms with Crippen molar-refractivity contribution in [2.75, 3.05) is 18.6 Å². The van der Waals surface area contributed by atoms with E-state index in [1.165, 1.54) is 27.1 Å². The third-order valence-corrected chi connectivity index (χ3v) is 9.52. The van der Waals surface area contributed by atoms with Gasteiger partial charge in [0.2, 0.25) is 11.2 Å². The number of rotatable bonds is 3. The first-order valence-electron chi connectivity index (χ1n) is 14.6. The number of benzene rings is 2. The quantitative estimate of drug-likeness (QED) is 0.233. The van der Waals surface area contributed by atoms with Gasteiger partial charge in [0.05, 0.1) is 18.2 Å². The highest BCUT2D eigenvalue weighted by Gasteiger charge is 2.46. The first-order valence-corrected chi connectivity index (χ1v) is 15.4. The molecular formula is C33H24F3N3O6S. The largest absolute Gasteiger partial charge is 0.514 e. The number of carbonyl (C=O) groups is 2. The van der Waals surface area contributed by atoms with E-state index >= 15 is 13.2 Å². The van der Waals surface area contributed by atoms with Crippen LogP contribution in [-0.4, -0.2) is 40.9 Å². The Morgan fingerprint density at radius 1 is 1.09 bits per heavy atom. The van der Waals surface area contributed by atoms with Crippen LogP contribution in [-0.2, 0) is 28.2 Å². The zero-order valence-electron chi connectivity index (χ0n) is 24.4. The van der Waals surface area contributed by atoms with Crippen molar-refractivity contribution in [1.29, 1.82) is 0 Å². The molecule has 0 radical (unpaired) electrons. The van der Waals surface area contributed by atoms with E-state index in [1.54, 1.807) is 25.3 Å². The molecule has 2 aromatic heterocycles. The minimum atomic E-state index is -3.35. The molecule has 2 aromatic carbocycles. The Morgan fingerprint density at radius 3 is 2.70 bits per heavy atom. The summed E-state index contributed by atoms with van der Waals surface area (Å²) in [6.07, 6.45) is -0.655. The highest BCUT2D eigenvalue weighted by Crippen LogP contribution is 2.56. The van der Waals surface area contributed by atoms with Gasteiger partial charge in [0.1, 0.15) is 12.4 Å². The van der Waals surface area contributed by atoms with E-state index < -0.39 is 53.1 Å². The first-order chi connectivity index (χ1) is 22.0. The number of ether oxygens (including phenoxy) is 3. The van der Waals surface area contributed by atoms with E-state index in [4.69, 9.17) is 14.2 Å². The summed E-state index contributed by atoms with van der Waals surface area (Å²) in [5, 5.41) is 1.72. The van der Waals surface area contributed by atoms with Crippen molar-refractivity contribution in [1.82, 2.24) is 9.58 Å². The van der Waals surface area contributed by atoms with Gasteiger partial charge in [0.25, 0.3) is 11.8 Å². The van der Waals surface area contributed by atoms with Crippen molar-refractivity contribution in [2.45, 2.75) is 38.7 Å². The number of amides is 1. The van der Waals surface area contributed by atoms with Crippen molar-refractivity contribution in [3.05, 3.63) is 103 Å². The molecule has 1 amide bonds. The maximum atomic E-state index is 15.3. The standard InChI is InChI=1S/C33H24F3N3O6S/c1-15(2)44-32(42)45-28-22(40)8-9-39-26(28)31(41)38-10-11-43-27(30(38)37-39)18-4-3-5-19-20(18)12-16-6-7-21(34)25-23(16)24-17(13-33(25,35)36)14-46-29(19)24/h3-9,14-15,37H,10-13H2,1-2H3. The second kappa shape index (κ2) is 9.98. The lowest BCUT2D eigenvalue weighted by Gasteiger charge is -2.38. The van der Waals surface area contributed by atoms with Crippen molar-refractivity contribution in [3.8, 4) is 27.3 Å². The molecule has 8 rings (SSSR count). The highest BCUT2D eigenvalue weighted by molar-refractivity contribution is 7.14. The highest BCUT2D eigenvalue weighted by atomic mass is 32.1. The van der Waals surface area contributed by atoms with E-state index in [0.29, 0.717) is 28.0 Å². The Kier molecular flexibility index (Phi) is 6.17. The van der Waals surface area contributed by atoms with E-state index in [0.717, 1.165) is 28.1 Å². The van der Waals surface area contributed by atoms with Gasteiger partial charge in [-0.15, -0.1) is 11.3 Å². The van der Waals surface area contributed by atoms with Gasteiger partial charge in [-0.3, -0.25) is 24.6 Å². The second-order valence-corrected chi connectivity index (χ2v) is 12.5. The normalized spacial score (nSPS) is 16.8. The van der Waals surface area contributed by atoms with Crippen LogP contribution in [0, 0.1) is 5.82 Å². The van der Waals surface area contributed by atoms with Crippen LogP contribution in [0.1, 0.15) is 52.2 Å². The van der Waals surface area contributed by atoms with Crippen LogP contribution in [0.25, 0.3) is 27.3 Å². The fraction of sp³-hybridized carbons (Fsp3) is 0.242. The predicted octanol–water partition coefficient (Wildman–Crippen LogP) is 6.21. The smallest absolute Gasteiger partial charge is 0.487 e. The number of thiophene rings is 1. The van der Waals surface area contributed by atoms with E-state index in [1.807, 2.05) is 18.2 Å².